The molecule has 140 valence electrons. The third-order valence-electron chi connectivity index (χ3n) is 3.70. The van der Waals surface area contributed by atoms with Crippen molar-refractivity contribution in [3.8, 4) is 0 Å². The minimum absolute atomic E-state index is 0.00859. The van der Waals surface area contributed by atoms with E-state index in [1.807, 2.05) is 0 Å². The quantitative estimate of drug-likeness (QED) is 0.784. The molecule has 1 aliphatic heterocycles. The molecule has 0 unspecified atom stereocenters. The number of hydrogen-bond donors (Lipinski definition) is 1. The number of nitrogens with zero attached hydrogens (tertiary/aromatic N) is 2. The predicted octanol–water partition coefficient (Wildman–Crippen LogP) is 2.55. The first-order valence-electron chi connectivity index (χ1n) is 8.04. The van der Waals surface area contributed by atoms with E-state index in [0.29, 0.717) is 24.5 Å². The Hall–Kier alpha value is -1.51. The maximum atomic E-state index is 12.9. The smallest absolute Gasteiger partial charge is 0.410 e. The summed E-state index contributed by atoms with van der Waals surface area (Å²) in [5, 5.41) is 0.304. The van der Waals surface area contributed by atoms with Crippen molar-refractivity contribution in [2.24, 2.45) is 0 Å². The molecule has 9 heteroatoms. The van der Waals surface area contributed by atoms with Gasteiger partial charge in [-0.1, -0.05) is 11.6 Å². The molecule has 2 N–H and O–H groups in total. The maximum absolute atomic E-state index is 12.9. The Morgan fingerprint density at radius 1 is 1.20 bits per heavy atom. The summed E-state index contributed by atoms with van der Waals surface area (Å²) in [5.74, 6) is 0. The summed E-state index contributed by atoms with van der Waals surface area (Å²) in [4.78, 5) is 13.7. The lowest BCUT2D eigenvalue weighted by molar-refractivity contribution is 0.0260. The standard InChI is InChI=1S/C16H24ClN3O4S/c1-16(2,3)24-15(21)19-7-4-8-20(10-9-19)25(22,23)14-11-12(17)5-6-13(14)18/h5-6,11H,4,7-10,18H2,1-3H3. The normalized spacial score (nSPS) is 17.2. The van der Waals surface area contributed by atoms with Gasteiger partial charge in [-0.15, -0.1) is 0 Å². The van der Waals surface area contributed by atoms with Crippen LogP contribution in [0.3, 0.4) is 0 Å². The molecule has 0 aromatic heterocycles. The van der Waals surface area contributed by atoms with Crippen molar-refractivity contribution < 1.29 is 17.9 Å². The zero-order valence-electron chi connectivity index (χ0n) is 14.7. The van der Waals surface area contributed by atoms with E-state index in [-0.39, 0.29) is 23.7 Å². The molecular formula is C16H24ClN3O4S. The number of halogens is 1. The molecule has 7 nitrogen and oxygen atoms in total. The van der Waals surface area contributed by atoms with Crippen LogP contribution >= 0.6 is 11.6 Å². The van der Waals surface area contributed by atoms with Crippen LogP contribution in [-0.2, 0) is 14.8 Å². The zero-order valence-corrected chi connectivity index (χ0v) is 16.2. The van der Waals surface area contributed by atoms with Crippen molar-refractivity contribution in [1.29, 1.82) is 0 Å². The van der Waals surface area contributed by atoms with E-state index in [2.05, 4.69) is 0 Å². The van der Waals surface area contributed by atoms with Gasteiger partial charge in [0.05, 0.1) is 5.69 Å². The third kappa shape index (κ3) is 4.99. The van der Waals surface area contributed by atoms with Gasteiger partial charge in [0.1, 0.15) is 10.5 Å². The topological polar surface area (TPSA) is 92.9 Å². The molecule has 1 aliphatic rings. The van der Waals surface area contributed by atoms with Crippen LogP contribution in [0.2, 0.25) is 5.02 Å². The van der Waals surface area contributed by atoms with Gasteiger partial charge in [-0.2, -0.15) is 4.31 Å². The monoisotopic (exact) mass is 389 g/mol. The van der Waals surface area contributed by atoms with E-state index < -0.39 is 21.7 Å². The summed E-state index contributed by atoms with van der Waals surface area (Å²) in [5.41, 5.74) is 5.37. The van der Waals surface area contributed by atoms with Crippen molar-refractivity contribution in [1.82, 2.24) is 9.21 Å². The molecule has 1 saturated heterocycles. The van der Waals surface area contributed by atoms with Gasteiger partial charge in [-0.05, 0) is 45.4 Å². The molecule has 0 spiro atoms. The number of hydrogen-bond acceptors (Lipinski definition) is 5. The van der Waals surface area contributed by atoms with E-state index in [1.54, 1.807) is 26.8 Å². The van der Waals surface area contributed by atoms with Crippen LogP contribution < -0.4 is 5.73 Å². The Balaban J connectivity index is 2.15. The second-order valence-electron chi connectivity index (χ2n) is 6.91. The lowest BCUT2D eigenvalue weighted by Gasteiger charge is -2.26. The van der Waals surface area contributed by atoms with Gasteiger partial charge in [-0.3, -0.25) is 0 Å². The Kier molecular flexibility index (Phi) is 5.86. The second kappa shape index (κ2) is 7.39. The first kappa shape index (κ1) is 19.8. The Morgan fingerprint density at radius 3 is 2.52 bits per heavy atom. The van der Waals surface area contributed by atoms with Crippen molar-refractivity contribution in [2.45, 2.75) is 37.7 Å². The Labute approximate surface area is 153 Å². The first-order valence-corrected chi connectivity index (χ1v) is 9.85. The fraction of sp³-hybridized carbons (Fsp3) is 0.562. The number of sulfonamides is 1. The fourth-order valence-electron chi connectivity index (χ4n) is 2.51. The molecule has 0 aliphatic carbocycles. The minimum atomic E-state index is -3.78. The highest BCUT2D eigenvalue weighted by atomic mass is 35.5. The third-order valence-corrected chi connectivity index (χ3v) is 5.89. The van der Waals surface area contributed by atoms with Gasteiger partial charge in [0, 0.05) is 31.2 Å². The molecule has 1 amide bonds. The maximum Gasteiger partial charge on any atom is 0.410 e. The number of amides is 1. The predicted molar refractivity (Wildman–Crippen MR) is 97.0 cm³/mol. The van der Waals surface area contributed by atoms with Gasteiger partial charge >= 0.3 is 6.09 Å². The molecule has 1 heterocycles. The van der Waals surface area contributed by atoms with E-state index in [1.165, 1.54) is 21.3 Å². The van der Waals surface area contributed by atoms with E-state index in [9.17, 15) is 13.2 Å². The minimum Gasteiger partial charge on any atom is -0.444 e. The van der Waals surface area contributed by atoms with Crippen LogP contribution in [-0.4, -0.2) is 55.5 Å². The molecule has 2 rings (SSSR count). The molecule has 25 heavy (non-hydrogen) atoms. The molecule has 1 fully saturated rings. The largest absolute Gasteiger partial charge is 0.444 e. The second-order valence-corrected chi connectivity index (χ2v) is 9.25. The fourth-order valence-corrected chi connectivity index (χ4v) is 4.36. The number of benzene rings is 1. The van der Waals surface area contributed by atoms with Crippen molar-refractivity contribution >= 4 is 33.4 Å². The number of nitrogen functional groups attached to an aromatic ring is 1. The number of rotatable bonds is 2. The Bertz CT molecular complexity index is 746. The van der Waals surface area contributed by atoms with E-state index in [0.717, 1.165) is 0 Å². The molecule has 1 aromatic carbocycles. The molecule has 0 atom stereocenters. The summed E-state index contributed by atoms with van der Waals surface area (Å²) in [6.45, 7) is 6.55. The van der Waals surface area contributed by atoms with Crippen LogP contribution in [0, 0.1) is 0 Å². The zero-order chi connectivity index (χ0) is 18.8. The van der Waals surface area contributed by atoms with Crippen LogP contribution in [0.25, 0.3) is 0 Å². The first-order chi connectivity index (χ1) is 11.5. The highest BCUT2D eigenvalue weighted by Crippen LogP contribution is 2.26. The van der Waals surface area contributed by atoms with E-state index in [4.69, 9.17) is 22.1 Å². The molecule has 0 radical (unpaired) electrons. The average Bonchev–Trinajstić information content (AvgIpc) is 2.74. The van der Waals surface area contributed by atoms with Gasteiger partial charge in [0.2, 0.25) is 10.0 Å². The van der Waals surface area contributed by atoms with E-state index >= 15 is 0 Å². The molecular weight excluding hydrogens is 366 g/mol. The number of carbonyl (C=O) groups is 1. The van der Waals surface area contributed by atoms with Crippen LogP contribution in [0.5, 0.6) is 0 Å². The number of ether oxygens (including phenoxy) is 1. The molecule has 1 aromatic rings. The summed E-state index contributed by atoms with van der Waals surface area (Å²) in [6, 6.07) is 4.37. The van der Waals surface area contributed by atoms with Gasteiger partial charge in [-0.25, -0.2) is 13.2 Å². The number of nitrogens with two attached hydrogens (primary N) is 1. The SMILES string of the molecule is CC(C)(C)OC(=O)N1CCCN(S(=O)(=O)c2cc(Cl)ccc2N)CC1. The highest BCUT2D eigenvalue weighted by molar-refractivity contribution is 7.89. The lowest BCUT2D eigenvalue weighted by Crippen LogP contribution is -2.40. The van der Waals surface area contributed by atoms with Crippen LogP contribution in [0.15, 0.2) is 23.1 Å². The van der Waals surface area contributed by atoms with Crippen molar-refractivity contribution in [3.63, 3.8) is 0 Å². The van der Waals surface area contributed by atoms with Crippen LogP contribution in [0.1, 0.15) is 27.2 Å². The molecule has 0 saturated carbocycles. The average molecular weight is 390 g/mol. The van der Waals surface area contributed by atoms with Crippen molar-refractivity contribution in [3.05, 3.63) is 23.2 Å². The summed E-state index contributed by atoms with van der Waals surface area (Å²) in [7, 11) is -3.78. The summed E-state index contributed by atoms with van der Waals surface area (Å²) in [6.07, 6.45) is 0.0767. The van der Waals surface area contributed by atoms with Gasteiger partial charge < -0.3 is 15.4 Å². The van der Waals surface area contributed by atoms with Gasteiger partial charge in [0.15, 0.2) is 0 Å². The lowest BCUT2D eigenvalue weighted by atomic mass is 10.2. The summed E-state index contributed by atoms with van der Waals surface area (Å²) < 4.78 is 32.4. The van der Waals surface area contributed by atoms with Crippen molar-refractivity contribution in [2.75, 3.05) is 31.9 Å². The Morgan fingerprint density at radius 2 is 1.88 bits per heavy atom. The van der Waals surface area contributed by atoms with Crippen LogP contribution in [0.4, 0.5) is 10.5 Å². The number of carbonyl (C=O) groups excluding carboxylic acids is 1. The summed E-state index contributed by atoms with van der Waals surface area (Å²) >= 11 is 5.91. The highest BCUT2D eigenvalue weighted by Gasteiger charge is 2.31. The molecule has 0 bridgehead atoms. The van der Waals surface area contributed by atoms with Gasteiger partial charge in [0.25, 0.3) is 0 Å². The number of anilines is 1.